The molecule has 2 N–H and O–H groups in total. The Labute approximate surface area is 198 Å². The second kappa shape index (κ2) is 9.05. The van der Waals surface area contributed by atoms with Gasteiger partial charge < -0.3 is 15.0 Å². The number of morpholine rings is 1. The van der Waals surface area contributed by atoms with E-state index in [9.17, 15) is 4.79 Å². The SMILES string of the molecule is O=C1NCCCc2[nH]c3c(ccc4cnc(/C=C/c5ccc(CN6CCOCC6)cc5)cc43)c21. The Hall–Kier alpha value is -3.48. The van der Waals surface area contributed by atoms with Crippen molar-refractivity contribution in [2.45, 2.75) is 19.4 Å². The van der Waals surface area contributed by atoms with Gasteiger partial charge in [-0.25, -0.2) is 0 Å². The van der Waals surface area contributed by atoms with Crippen LogP contribution in [-0.4, -0.2) is 53.6 Å². The molecule has 0 aliphatic carbocycles. The predicted octanol–water partition coefficient (Wildman–Crippen LogP) is 4.39. The van der Waals surface area contributed by atoms with Gasteiger partial charge in [-0.2, -0.15) is 0 Å². The highest BCUT2D eigenvalue weighted by Crippen LogP contribution is 2.31. The largest absolute Gasteiger partial charge is 0.379 e. The number of amides is 1. The summed E-state index contributed by atoms with van der Waals surface area (Å²) in [5.74, 6) is 0.0179. The molecule has 0 atom stereocenters. The Kier molecular flexibility index (Phi) is 5.61. The number of aryl methyl sites for hydroxylation is 1. The number of pyridine rings is 1. The van der Waals surface area contributed by atoms with Crippen LogP contribution in [-0.2, 0) is 17.7 Å². The second-order valence-electron chi connectivity index (χ2n) is 9.12. The van der Waals surface area contributed by atoms with Gasteiger partial charge in [0.05, 0.1) is 30.0 Å². The summed E-state index contributed by atoms with van der Waals surface area (Å²) in [6, 6.07) is 14.9. The van der Waals surface area contributed by atoms with Crippen LogP contribution in [0.1, 0.15) is 39.3 Å². The minimum Gasteiger partial charge on any atom is -0.379 e. The highest BCUT2D eigenvalue weighted by atomic mass is 16.5. The lowest BCUT2D eigenvalue weighted by Gasteiger charge is -2.26. The second-order valence-corrected chi connectivity index (χ2v) is 9.12. The molecule has 34 heavy (non-hydrogen) atoms. The van der Waals surface area contributed by atoms with Gasteiger partial charge >= 0.3 is 0 Å². The minimum absolute atomic E-state index is 0.0179. The first kappa shape index (κ1) is 21.1. The zero-order valence-electron chi connectivity index (χ0n) is 19.1. The standard InChI is InChI=1S/C28H28N4O2/c33-28-26-23-10-8-21-17-30-22(16-24(21)27(23)31-25(26)2-1-11-29-28)9-7-19-3-5-20(6-4-19)18-32-12-14-34-15-13-32/h3-10,16-17,31H,1-2,11-15,18H2,(H,29,33)/b9-7+. The quantitative estimate of drug-likeness (QED) is 0.482. The van der Waals surface area contributed by atoms with Gasteiger partial charge in [-0.3, -0.25) is 14.7 Å². The van der Waals surface area contributed by atoms with Crippen LogP contribution in [0.3, 0.4) is 0 Å². The molecule has 0 spiro atoms. The topological polar surface area (TPSA) is 70.2 Å². The minimum atomic E-state index is 0.0179. The molecule has 2 aliphatic heterocycles. The van der Waals surface area contributed by atoms with Crippen molar-refractivity contribution in [1.82, 2.24) is 20.2 Å². The number of fused-ring (bicyclic) bond motifs is 5. The number of H-pyrrole nitrogens is 1. The Bertz CT molecular complexity index is 1380. The highest BCUT2D eigenvalue weighted by Gasteiger charge is 2.21. The monoisotopic (exact) mass is 452 g/mol. The van der Waals surface area contributed by atoms with Crippen molar-refractivity contribution in [1.29, 1.82) is 0 Å². The fraction of sp³-hybridized carbons (Fsp3) is 0.286. The Morgan fingerprint density at radius 2 is 1.88 bits per heavy atom. The Balaban J connectivity index is 1.26. The number of aromatic amines is 1. The molecule has 1 saturated heterocycles. The molecule has 4 heterocycles. The third-order valence-electron chi connectivity index (χ3n) is 6.82. The zero-order chi connectivity index (χ0) is 22.9. The lowest BCUT2D eigenvalue weighted by atomic mass is 10.0. The molecular formula is C28H28N4O2. The van der Waals surface area contributed by atoms with E-state index in [0.717, 1.165) is 96.4 Å². The summed E-state index contributed by atoms with van der Waals surface area (Å²) in [5, 5.41) is 6.15. The van der Waals surface area contributed by atoms with Crippen LogP contribution < -0.4 is 5.32 Å². The number of nitrogens with zero attached hydrogens (tertiary/aromatic N) is 2. The maximum atomic E-state index is 12.6. The number of ether oxygens (including phenoxy) is 1. The van der Waals surface area contributed by atoms with E-state index in [1.54, 1.807) is 0 Å². The third kappa shape index (κ3) is 4.11. The van der Waals surface area contributed by atoms with Crippen molar-refractivity contribution in [2.75, 3.05) is 32.8 Å². The van der Waals surface area contributed by atoms with Gasteiger partial charge in [-0.05, 0) is 36.1 Å². The summed E-state index contributed by atoms with van der Waals surface area (Å²) in [6.07, 6.45) is 7.89. The third-order valence-corrected chi connectivity index (χ3v) is 6.82. The van der Waals surface area contributed by atoms with E-state index < -0.39 is 0 Å². The highest BCUT2D eigenvalue weighted by molar-refractivity contribution is 6.15. The van der Waals surface area contributed by atoms with Crippen molar-refractivity contribution < 1.29 is 9.53 Å². The van der Waals surface area contributed by atoms with Crippen LogP contribution in [0.2, 0.25) is 0 Å². The Morgan fingerprint density at radius 3 is 2.74 bits per heavy atom. The number of hydrogen-bond donors (Lipinski definition) is 2. The smallest absolute Gasteiger partial charge is 0.253 e. The van der Waals surface area contributed by atoms with Crippen LogP contribution in [0.25, 0.3) is 33.8 Å². The first-order chi connectivity index (χ1) is 16.7. The van der Waals surface area contributed by atoms with Gasteiger partial charge in [0, 0.05) is 54.2 Å². The van der Waals surface area contributed by atoms with Gasteiger partial charge in [-0.1, -0.05) is 42.5 Å². The van der Waals surface area contributed by atoms with Crippen molar-refractivity contribution in [3.05, 3.63) is 76.7 Å². The van der Waals surface area contributed by atoms with Crippen LogP contribution in [0.15, 0.2) is 48.7 Å². The average molecular weight is 453 g/mol. The fourth-order valence-corrected chi connectivity index (χ4v) is 4.98. The van der Waals surface area contributed by atoms with Crippen LogP contribution in [0, 0.1) is 0 Å². The molecular weight excluding hydrogens is 424 g/mol. The predicted molar refractivity (Wildman–Crippen MR) is 136 cm³/mol. The van der Waals surface area contributed by atoms with Gasteiger partial charge in [-0.15, -0.1) is 0 Å². The van der Waals surface area contributed by atoms with Crippen molar-refractivity contribution in [2.24, 2.45) is 0 Å². The summed E-state index contributed by atoms with van der Waals surface area (Å²) in [5.41, 5.74) is 6.20. The molecule has 2 aromatic heterocycles. The molecule has 6 heteroatoms. The van der Waals surface area contributed by atoms with Crippen molar-refractivity contribution >= 4 is 39.7 Å². The van der Waals surface area contributed by atoms with Gasteiger partial charge in [0.15, 0.2) is 0 Å². The molecule has 2 aromatic carbocycles. The molecule has 0 radical (unpaired) electrons. The summed E-state index contributed by atoms with van der Waals surface area (Å²) < 4.78 is 5.44. The summed E-state index contributed by atoms with van der Waals surface area (Å²) in [4.78, 5) is 23.2. The Morgan fingerprint density at radius 1 is 1.03 bits per heavy atom. The molecule has 0 bridgehead atoms. The molecule has 4 aromatic rings. The van der Waals surface area contributed by atoms with Crippen LogP contribution in [0.5, 0.6) is 0 Å². The molecule has 2 aliphatic rings. The van der Waals surface area contributed by atoms with E-state index in [-0.39, 0.29) is 5.91 Å². The van der Waals surface area contributed by atoms with E-state index in [1.807, 2.05) is 12.3 Å². The molecule has 1 fully saturated rings. The van der Waals surface area contributed by atoms with E-state index in [4.69, 9.17) is 4.74 Å². The summed E-state index contributed by atoms with van der Waals surface area (Å²) >= 11 is 0. The number of nitrogens with one attached hydrogen (secondary N) is 2. The maximum Gasteiger partial charge on any atom is 0.253 e. The van der Waals surface area contributed by atoms with E-state index in [1.165, 1.54) is 5.56 Å². The molecule has 1 amide bonds. The number of hydrogen-bond acceptors (Lipinski definition) is 4. The zero-order valence-corrected chi connectivity index (χ0v) is 19.1. The molecule has 0 saturated carbocycles. The number of carbonyl (C=O) groups excluding carboxylic acids is 1. The molecule has 0 unspecified atom stereocenters. The van der Waals surface area contributed by atoms with E-state index in [2.05, 4.69) is 68.7 Å². The molecule has 6 nitrogen and oxygen atoms in total. The average Bonchev–Trinajstić information content (AvgIpc) is 3.16. The molecule has 6 rings (SSSR count). The van der Waals surface area contributed by atoms with Gasteiger partial charge in [0.2, 0.25) is 0 Å². The number of benzene rings is 2. The molecule has 172 valence electrons. The van der Waals surface area contributed by atoms with E-state index in [0.29, 0.717) is 0 Å². The first-order valence-electron chi connectivity index (χ1n) is 12.0. The van der Waals surface area contributed by atoms with Gasteiger partial charge in [0.1, 0.15) is 0 Å². The number of carbonyl (C=O) groups is 1. The number of aromatic nitrogens is 2. The fourth-order valence-electron chi connectivity index (χ4n) is 4.98. The van der Waals surface area contributed by atoms with E-state index >= 15 is 0 Å². The van der Waals surface area contributed by atoms with Crippen LogP contribution in [0.4, 0.5) is 0 Å². The summed E-state index contributed by atoms with van der Waals surface area (Å²) in [7, 11) is 0. The van der Waals surface area contributed by atoms with Crippen LogP contribution >= 0.6 is 0 Å². The van der Waals surface area contributed by atoms with Gasteiger partial charge in [0.25, 0.3) is 5.91 Å². The lowest BCUT2D eigenvalue weighted by Crippen LogP contribution is -2.35. The summed E-state index contributed by atoms with van der Waals surface area (Å²) in [6.45, 7) is 5.33. The van der Waals surface area contributed by atoms with Crippen molar-refractivity contribution in [3.8, 4) is 0 Å². The normalized spacial score (nSPS) is 17.2. The van der Waals surface area contributed by atoms with Crippen molar-refractivity contribution in [3.63, 3.8) is 0 Å². The first-order valence-corrected chi connectivity index (χ1v) is 12.0. The number of rotatable bonds is 4. The lowest BCUT2D eigenvalue weighted by molar-refractivity contribution is 0.0342. The maximum absolute atomic E-state index is 12.6.